The van der Waals surface area contributed by atoms with Crippen LogP contribution in [0.4, 0.5) is 0 Å². The summed E-state index contributed by atoms with van der Waals surface area (Å²) in [6.45, 7) is 0. The van der Waals surface area contributed by atoms with E-state index in [1.165, 1.54) is 0 Å². The maximum absolute atomic E-state index is 6.09. The molecule has 2 heterocycles. The SMILES string of the molecule is BrC1C=CC(c2nc(-c3ccccc3)nc(-c3cccc4oc5ccccc5c34)n2)=CC1. The van der Waals surface area contributed by atoms with Crippen molar-refractivity contribution in [3.05, 3.63) is 96.8 Å². The average Bonchev–Trinajstić information content (AvgIpc) is 3.24. The summed E-state index contributed by atoms with van der Waals surface area (Å²) < 4.78 is 6.09. The standard InChI is InChI=1S/C27H18BrN3O/c28-19-15-13-18(14-16-19)26-29-25(17-7-2-1-3-8-17)30-27(31-26)21-10-6-12-23-24(21)20-9-4-5-11-22(20)32-23/h1-15,19H,16H2. The Morgan fingerprint density at radius 2 is 1.50 bits per heavy atom. The zero-order valence-corrected chi connectivity index (χ0v) is 18.7. The first-order chi connectivity index (χ1) is 15.8. The Hall–Kier alpha value is -3.57. The summed E-state index contributed by atoms with van der Waals surface area (Å²) in [6.07, 6.45) is 7.27. The number of hydrogen-bond donors (Lipinski definition) is 0. The van der Waals surface area contributed by atoms with E-state index in [1.807, 2.05) is 60.7 Å². The van der Waals surface area contributed by atoms with Crippen LogP contribution in [0.2, 0.25) is 0 Å². The van der Waals surface area contributed by atoms with Gasteiger partial charge in [0, 0.05) is 32.3 Å². The smallest absolute Gasteiger partial charge is 0.164 e. The lowest BCUT2D eigenvalue weighted by molar-refractivity contribution is 0.669. The Kier molecular flexibility index (Phi) is 4.69. The molecule has 0 bridgehead atoms. The van der Waals surface area contributed by atoms with Crippen LogP contribution < -0.4 is 0 Å². The van der Waals surface area contributed by atoms with Gasteiger partial charge in [-0.05, 0) is 18.6 Å². The lowest BCUT2D eigenvalue weighted by Crippen LogP contribution is -2.04. The Bertz CT molecular complexity index is 1520. The van der Waals surface area contributed by atoms with Crippen molar-refractivity contribution in [2.45, 2.75) is 11.2 Å². The molecule has 1 aliphatic carbocycles. The molecule has 1 unspecified atom stereocenters. The lowest BCUT2D eigenvalue weighted by atomic mass is 10.0. The second kappa shape index (κ2) is 7.84. The van der Waals surface area contributed by atoms with Crippen molar-refractivity contribution in [2.24, 2.45) is 0 Å². The van der Waals surface area contributed by atoms with E-state index in [2.05, 4.69) is 46.3 Å². The van der Waals surface area contributed by atoms with Crippen molar-refractivity contribution in [2.75, 3.05) is 0 Å². The number of hydrogen-bond acceptors (Lipinski definition) is 4. The number of para-hydroxylation sites is 1. The Morgan fingerprint density at radius 1 is 0.750 bits per heavy atom. The first kappa shape index (κ1) is 19.1. The summed E-state index contributed by atoms with van der Waals surface area (Å²) in [5.41, 5.74) is 4.58. The van der Waals surface area contributed by atoms with Gasteiger partial charge in [0.05, 0.1) is 0 Å². The fraction of sp³-hybridized carbons (Fsp3) is 0.0741. The van der Waals surface area contributed by atoms with Crippen LogP contribution in [-0.2, 0) is 0 Å². The molecule has 5 heteroatoms. The van der Waals surface area contributed by atoms with E-state index in [0.29, 0.717) is 22.3 Å². The minimum absolute atomic E-state index is 0.340. The number of aromatic nitrogens is 3. The molecule has 3 aromatic carbocycles. The van der Waals surface area contributed by atoms with Gasteiger partial charge in [0.1, 0.15) is 11.2 Å². The Balaban J connectivity index is 1.61. The van der Waals surface area contributed by atoms with Gasteiger partial charge in [-0.25, -0.2) is 15.0 Å². The van der Waals surface area contributed by atoms with Gasteiger partial charge in [-0.2, -0.15) is 0 Å². The number of alkyl halides is 1. The molecule has 1 atom stereocenters. The number of rotatable bonds is 3. The molecular weight excluding hydrogens is 462 g/mol. The zero-order valence-electron chi connectivity index (χ0n) is 17.1. The Morgan fingerprint density at radius 3 is 2.34 bits per heavy atom. The van der Waals surface area contributed by atoms with Crippen LogP contribution in [0, 0.1) is 0 Å². The van der Waals surface area contributed by atoms with E-state index >= 15 is 0 Å². The van der Waals surface area contributed by atoms with Crippen LogP contribution in [-0.4, -0.2) is 19.8 Å². The summed E-state index contributed by atoms with van der Waals surface area (Å²) in [5, 5.41) is 2.08. The average molecular weight is 480 g/mol. The van der Waals surface area contributed by atoms with Gasteiger partial charge in [0.15, 0.2) is 17.5 Å². The number of fused-ring (bicyclic) bond motifs is 3. The molecular formula is C27H18BrN3O. The van der Waals surface area contributed by atoms with E-state index in [4.69, 9.17) is 19.4 Å². The van der Waals surface area contributed by atoms with E-state index in [1.54, 1.807) is 0 Å². The molecule has 32 heavy (non-hydrogen) atoms. The number of furan rings is 1. The number of halogens is 1. The van der Waals surface area contributed by atoms with E-state index in [9.17, 15) is 0 Å². The normalized spacial score (nSPS) is 15.9. The van der Waals surface area contributed by atoms with Crippen molar-refractivity contribution in [1.29, 1.82) is 0 Å². The Labute approximate surface area is 193 Å². The maximum atomic E-state index is 6.09. The van der Waals surface area contributed by atoms with Crippen LogP contribution in [0.3, 0.4) is 0 Å². The zero-order chi connectivity index (χ0) is 21.5. The summed E-state index contributed by atoms with van der Waals surface area (Å²) in [4.78, 5) is 15.0. The summed E-state index contributed by atoms with van der Waals surface area (Å²) in [5.74, 6) is 1.97. The third kappa shape index (κ3) is 3.35. The maximum Gasteiger partial charge on any atom is 0.164 e. The van der Waals surface area contributed by atoms with Gasteiger partial charge in [-0.15, -0.1) is 0 Å². The summed E-state index contributed by atoms with van der Waals surface area (Å²) in [7, 11) is 0. The highest BCUT2D eigenvalue weighted by Crippen LogP contribution is 2.36. The monoisotopic (exact) mass is 479 g/mol. The molecule has 2 aromatic heterocycles. The number of nitrogens with zero attached hydrogens (tertiary/aromatic N) is 3. The molecule has 0 radical (unpaired) electrons. The van der Waals surface area contributed by atoms with E-state index < -0.39 is 0 Å². The van der Waals surface area contributed by atoms with Gasteiger partial charge < -0.3 is 4.42 Å². The fourth-order valence-electron chi connectivity index (χ4n) is 4.06. The molecule has 4 nitrogen and oxygen atoms in total. The van der Waals surface area contributed by atoms with Gasteiger partial charge in [0.2, 0.25) is 0 Å². The van der Waals surface area contributed by atoms with Crippen molar-refractivity contribution in [1.82, 2.24) is 15.0 Å². The van der Waals surface area contributed by atoms with Gasteiger partial charge in [-0.1, -0.05) is 94.8 Å². The molecule has 0 N–H and O–H groups in total. The highest BCUT2D eigenvalue weighted by atomic mass is 79.9. The van der Waals surface area contributed by atoms with Gasteiger partial charge >= 0.3 is 0 Å². The summed E-state index contributed by atoms with van der Waals surface area (Å²) >= 11 is 3.64. The van der Waals surface area contributed by atoms with Gasteiger partial charge in [0.25, 0.3) is 0 Å². The van der Waals surface area contributed by atoms with Crippen molar-refractivity contribution < 1.29 is 4.42 Å². The van der Waals surface area contributed by atoms with Crippen LogP contribution >= 0.6 is 15.9 Å². The topological polar surface area (TPSA) is 51.8 Å². The van der Waals surface area contributed by atoms with Crippen LogP contribution in [0.5, 0.6) is 0 Å². The molecule has 1 aliphatic rings. The van der Waals surface area contributed by atoms with Gasteiger partial charge in [-0.3, -0.25) is 0 Å². The molecule has 5 aromatic rings. The highest BCUT2D eigenvalue weighted by molar-refractivity contribution is 9.09. The van der Waals surface area contributed by atoms with Crippen LogP contribution in [0.15, 0.2) is 95.4 Å². The molecule has 0 fully saturated rings. The van der Waals surface area contributed by atoms with Crippen molar-refractivity contribution in [3.63, 3.8) is 0 Å². The van der Waals surface area contributed by atoms with Crippen molar-refractivity contribution in [3.8, 4) is 22.8 Å². The number of allylic oxidation sites excluding steroid dienone is 4. The molecule has 0 spiro atoms. The third-order valence-electron chi connectivity index (χ3n) is 5.62. The van der Waals surface area contributed by atoms with E-state index in [-0.39, 0.29) is 0 Å². The first-order valence-electron chi connectivity index (χ1n) is 10.5. The highest BCUT2D eigenvalue weighted by Gasteiger charge is 2.18. The quantitative estimate of drug-likeness (QED) is 0.256. The molecule has 0 amide bonds. The van der Waals surface area contributed by atoms with Crippen molar-refractivity contribution >= 4 is 43.4 Å². The van der Waals surface area contributed by atoms with Crippen LogP contribution in [0.25, 0.3) is 50.3 Å². The number of benzene rings is 3. The van der Waals surface area contributed by atoms with E-state index in [0.717, 1.165) is 45.1 Å². The molecule has 6 rings (SSSR count). The molecule has 0 saturated carbocycles. The molecule has 0 aliphatic heterocycles. The third-order valence-corrected chi connectivity index (χ3v) is 6.30. The largest absolute Gasteiger partial charge is 0.456 e. The minimum atomic E-state index is 0.340. The summed E-state index contributed by atoms with van der Waals surface area (Å²) in [6, 6.07) is 24.1. The second-order valence-electron chi connectivity index (χ2n) is 7.72. The predicted octanol–water partition coefficient (Wildman–Crippen LogP) is 7.21. The first-order valence-corrected chi connectivity index (χ1v) is 11.4. The lowest BCUT2D eigenvalue weighted by Gasteiger charge is -2.12. The molecule has 0 saturated heterocycles. The second-order valence-corrected chi connectivity index (χ2v) is 8.90. The van der Waals surface area contributed by atoms with Crippen LogP contribution in [0.1, 0.15) is 12.2 Å². The molecule has 154 valence electrons. The fourth-order valence-corrected chi connectivity index (χ4v) is 4.40. The predicted molar refractivity (Wildman–Crippen MR) is 132 cm³/mol. The minimum Gasteiger partial charge on any atom is -0.456 e.